The van der Waals surface area contributed by atoms with E-state index in [1.165, 1.54) is 64.2 Å². The Morgan fingerprint density at radius 2 is 1.19 bits per heavy atom. The van der Waals surface area contributed by atoms with Crippen molar-refractivity contribution in [2.45, 2.75) is 103 Å². The van der Waals surface area contributed by atoms with Crippen molar-refractivity contribution in [2.24, 2.45) is 11.0 Å². The highest BCUT2D eigenvalue weighted by molar-refractivity contribution is 5.76. The number of hydrazine groups is 1. The van der Waals surface area contributed by atoms with Gasteiger partial charge in [-0.25, -0.2) is 11.4 Å². The maximum absolute atomic E-state index is 10.9. The van der Waals surface area contributed by atoms with Gasteiger partial charge in [-0.3, -0.25) is 15.0 Å². The molecule has 0 saturated carbocycles. The van der Waals surface area contributed by atoms with E-state index in [0.717, 1.165) is 19.3 Å². The highest BCUT2D eigenvalue weighted by atomic mass is 16.2. The van der Waals surface area contributed by atoms with Gasteiger partial charge in [-0.15, -0.1) is 5.11 Å². The van der Waals surface area contributed by atoms with E-state index in [0.29, 0.717) is 19.3 Å². The van der Waals surface area contributed by atoms with E-state index >= 15 is 0 Å². The molecule has 6 nitrogen and oxygen atoms in total. The number of hydrogen-bond acceptors (Lipinski definition) is 4. The maximum Gasteiger partial charge on any atom is 0.264 e. The predicted octanol–water partition coefficient (Wildman–Crippen LogP) is 5.33. The predicted molar refractivity (Wildman–Crippen MR) is 105 cm³/mol. The van der Waals surface area contributed by atoms with Crippen molar-refractivity contribution >= 4 is 11.8 Å². The molecule has 0 aliphatic rings. The molecule has 0 aromatic carbocycles. The second-order valence-electron chi connectivity index (χ2n) is 6.86. The molecule has 0 bridgehead atoms. The molecule has 0 atom stereocenters. The molecule has 0 fully saturated rings. The fourth-order valence-electron chi connectivity index (χ4n) is 2.89. The molecule has 0 aliphatic carbocycles. The van der Waals surface area contributed by atoms with Crippen molar-refractivity contribution in [3.05, 3.63) is 12.2 Å². The average Bonchev–Trinajstić information content (AvgIpc) is 2.66. The number of carbonyl (C=O) groups excluding carboxylic acids is 2. The van der Waals surface area contributed by atoms with Crippen LogP contribution in [0.2, 0.25) is 0 Å². The monoisotopic (exact) mass is 366 g/mol. The molecule has 26 heavy (non-hydrogen) atoms. The van der Waals surface area contributed by atoms with Crippen LogP contribution in [0.3, 0.4) is 0 Å². The van der Waals surface area contributed by atoms with Crippen molar-refractivity contribution in [3.63, 3.8) is 0 Å². The van der Waals surface area contributed by atoms with Crippen molar-refractivity contribution in [1.29, 1.82) is 5.53 Å². The Bertz CT molecular complexity index is 397. The summed E-state index contributed by atoms with van der Waals surface area (Å²) in [4.78, 5) is 21.7. The summed E-state index contributed by atoms with van der Waals surface area (Å²) in [6.45, 7) is 0. The van der Waals surface area contributed by atoms with Crippen molar-refractivity contribution in [3.8, 4) is 0 Å². The van der Waals surface area contributed by atoms with Gasteiger partial charge in [0.25, 0.3) is 5.91 Å². The maximum atomic E-state index is 10.9. The summed E-state index contributed by atoms with van der Waals surface area (Å²) in [6.07, 6.45) is 21.9. The number of nitrogens with one attached hydrogen (secondary N) is 2. The third-order valence-electron chi connectivity index (χ3n) is 4.50. The lowest BCUT2D eigenvalue weighted by Gasteiger charge is -2.03. The fourth-order valence-corrected chi connectivity index (χ4v) is 2.89. The van der Waals surface area contributed by atoms with Crippen LogP contribution in [0, 0.1) is 5.53 Å². The van der Waals surface area contributed by atoms with Gasteiger partial charge >= 0.3 is 0 Å². The topological polar surface area (TPSA) is 108 Å². The van der Waals surface area contributed by atoms with E-state index in [9.17, 15) is 9.59 Å². The fraction of sp³-hybridized carbons (Fsp3) is 0.800. The first kappa shape index (κ1) is 24.4. The third-order valence-corrected chi connectivity index (χ3v) is 4.50. The van der Waals surface area contributed by atoms with Crippen LogP contribution < -0.4 is 11.3 Å². The van der Waals surface area contributed by atoms with Gasteiger partial charge in [-0.2, -0.15) is 0 Å². The summed E-state index contributed by atoms with van der Waals surface area (Å²) in [5, 5.41) is 2.87. The van der Waals surface area contributed by atoms with E-state index in [1.807, 2.05) is 6.08 Å². The number of unbranched alkanes of at least 4 members (excludes halogenated alkanes) is 12. The molecule has 0 aromatic rings. The SMILES string of the molecule is N=NC(=O)CCC=CCCCCCCCCCCCCCCC(=O)NN. The van der Waals surface area contributed by atoms with Crippen LogP contribution in [0.1, 0.15) is 103 Å². The summed E-state index contributed by atoms with van der Waals surface area (Å²) in [6, 6.07) is 0. The summed E-state index contributed by atoms with van der Waals surface area (Å²) in [7, 11) is 0. The number of nitrogens with two attached hydrogens (primary N) is 1. The van der Waals surface area contributed by atoms with E-state index in [4.69, 9.17) is 11.4 Å². The quantitative estimate of drug-likeness (QED) is 0.0761. The molecule has 0 radical (unpaired) electrons. The number of nitrogens with zero attached hydrogens (tertiary/aromatic N) is 1. The first-order valence-corrected chi connectivity index (χ1v) is 10.3. The van der Waals surface area contributed by atoms with Gasteiger partial charge in [0.15, 0.2) is 0 Å². The van der Waals surface area contributed by atoms with E-state index in [1.54, 1.807) is 0 Å². The van der Waals surface area contributed by atoms with Crippen molar-refractivity contribution in [2.75, 3.05) is 0 Å². The van der Waals surface area contributed by atoms with E-state index < -0.39 is 0 Å². The number of hydrogen-bond donors (Lipinski definition) is 3. The van der Waals surface area contributed by atoms with Crippen LogP contribution >= 0.6 is 0 Å². The summed E-state index contributed by atoms with van der Waals surface area (Å²) in [5.41, 5.74) is 8.72. The van der Waals surface area contributed by atoms with Gasteiger partial charge in [-0.05, 0) is 25.7 Å². The second kappa shape index (κ2) is 19.8. The Morgan fingerprint density at radius 1 is 0.731 bits per heavy atom. The molecule has 0 aromatic heterocycles. The molecular weight excluding hydrogens is 328 g/mol. The van der Waals surface area contributed by atoms with Crippen LogP contribution in [0.25, 0.3) is 0 Å². The van der Waals surface area contributed by atoms with E-state index in [2.05, 4.69) is 16.6 Å². The van der Waals surface area contributed by atoms with Crippen LogP contribution in [0.4, 0.5) is 0 Å². The lowest BCUT2D eigenvalue weighted by Crippen LogP contribution is -2.29. The molecule has 4 N–H and O–H groups in total. The van der Waals surface area contributed by atoms with E-state index in [-0.39, 0.29) is 11.8 Å². The molecule has 0 spiro atoms. The largest absolute Gasteiger partial charge is 0.294 e. The Hall–Kier alpha value is -1.56. The molecule has 2 amide bonds. The molecule has 150 valence electrons. The minimum absolute atomic E-state index is 0.0610. The number of rotatable bonds is 18. The lowest BCUT2D eigenvalue weighted by molar-refractivity contribution is -0.121. The summed E-state index contributed by atoms with van der Waals surface area (Å²) >= 11 is 0. The minimum Gasteiger partial charge on any atom is -0.294 e. The first-order chi connectivity index (χ1) is 12.7. The van der Waals surface area contributed by atoms with Gasteiger partial charge < -0.3 is 0 Å². The molecule has 0 saturated heterocycles. The smallest absolute Gasteiger partial charge is 0.264 e. The number of carbonyl (C=O) groups is 2. The van der Waals surface area contributed by atoms with Gasteiger partial charge in [0, 0.05) is 12.8 Å². The molecule has 0 aliphatic heterocycles. The lowest BCUT2D eigenvalue weighted by atomic mass is 10.0. The highest BCUT2D eigenvalue weighted by Gasteiger charge is 1.98. The summed E-state index contributed by atoms with van der Waals surface area (Å²) < 4.78 is 0. The van der Waals surface area contributed by atoms with Crippen LogP contribution in [0.5, 0.6) is 0 Å². The molecule has 0 heterocycles. The summed E-state index contributed by atoms with van der Waals surface area (Å²) in [5.74, 6) is 4.63. The number of allylic oxidation sites excluding steroid dienone is 2. The van der Waals surface area contributed by atoms with Crippen molar-refractivity contribution in [1.82, 2.24) is 5.43 Å². The van der Waals surface area contributed by atoms with Gasteiger partial charge in [0.2, 0.25) is 5.91 Å². The van der Waals surface area contributed by atoms with Crippen LogP contribution in [-0.2, 0) is 9.59 Å². The first-order valence-electron chi connectivity index (χ1n) is 10.3. The minimum atomic E-state index is -0.341. The second-order valence-corrected chi connectivity index (χ2v) is 6.86. The van der Waals surface area contributed by atoms with Gasteiger partial charge in [0.1, 0.15) is 0 Å². The Labute approximate surface area is 158 Å². The molecule has 0 rings (SSSR count). The molecular formula is C20H38N4O2. The zero-order valence-corrected chi connectivity index (χ0v) is 16.3. The van der Waals surface area contributed by atoms with Crippen LogP contribution in [-0.4, -0.2) is 11.8 Å². The molecule has 6 heteroatoms. The third kappa shape index (κ3) is 18.8. The van der Waals surface area contributed by atoms with Crippen LogP contribution in [0.15, 0.2) is 17.3 Å². The van der Waals surface area contributed by atoms with Gasteiger partial charge in [-0.1, -0.05) is 76.4 Å². The van der Waals surface area contributed by atoms with Gasteiger partial charge in [0.05, 0.1) is 0 Å². The Kier molecular flexibility index (Phi) is 18.6. The zero-order chi connectivity index (χ0) is 19.3. The Balaban J connectivity index is 3.13. The normalized spacial score (nSPS) is 11.0. The average molecular weight is 367 g/mol. The number of amides is 2. The Morgan fingerprint density at radius 3 is 1.69 bits per heavy atom. The highest BCUT2D eigenvalue weighted by Crippen LogP contribution is 2.13. The van der Waals surface area contributed by atoms with Crippen molar-refractivity contribution < 1.29 is 9.59 Å². The molecule has 0 unspecified atom stereocenters. The standard InChI is InChI=1S/C20H38N4O2/c21-23-19(25)17-15-13-11-9-7-5-3-1-2-4-6-8-10-12-14-16-18-20(26)24-22/h11,13,21H,1-10,12,14-18,22H2,(H,24,26). The zero-order valence-electron chi connectivity index (χ0n) is 16.3.